The van der Waals surface area contributed by atoms with Crippen molar-refractivity contribution in [1.29, 1.82) is 0 Å². The number of benzene rings is 1. The topological polar surface area (TPSA) is 60.1 Å². The highest BCUT2D eigenvalue weighted by Gasteiger charge is 2.32. The Labute approximate surface area is 154 Å². The van der Waals surface area contributed by atoms with Gasteiger partial charge in [-0.1, -0.05) is 37.3 Å². The smallest absolute Gasteiger partial charge is 0.198 e. The van der Waals surface area contributed by atoms with Crippen LogP contribution in [-0.4, -0.2) is 45.7 Å². The van der Waals surface area contributed by atoms with Crippen molar-refractivity contribution in [3.05, 3.63) is 46.5 Å². The molecule has 8 heteroatoms. The third-order valence-electron chi connectivity index (χ3n) is 4.70. The number of sulfone groups is 1. The molecule has 1 aromatic heterocycles. The molecule has 0 bridgehead atoms. The zero-order chi connectivity index (χ0) is 18.0. The molecule has 0 N–H and O–H groups in total. The molecule has 1 aliphatic rings. The van der Waals surface area contributed by atoms with Crippen LogP contribution in [0.2, 0.25) is 0 Å². The molecule has 2 aromatic rings. The molecular weight excluding hydrogens is 356 g/mol. The third-order valence-corrected chi connectivity index (χ3v) is 6.95. The van der Waals surface area contributed by atoms with Gasteiger partial charge in [0.2, 0.25) is 0 Å². The van der Waals surface area contributed by atoms with Gasteiger partial charge >= 0.3 is 0 Å². The number of hydrogen-bond acceptors (Lipinski definition) is 5. The Bertz CT molecular complexity index is 887. The first kappa shape index (κ1) is 18.3. The molecule has 6 nitrogen and oxygen atoms in total. The molecule has 0 unspecified atom stereocenters. The SMILES string of the molecule is CCN(Cc1ccccc1)Cn1nc([C@H]2CCS(=O)(=O)C2)n(C)c1=S. The van der Waals surface area contributed by atoms with Crippen LogP contribution in [0.15, 0.2) is 30.3 Å². The lowest BCUT2D eigenvalue weighted by Gasteiger charge is -2.20. The Morgan fingerprint density at radius 3 is 2.64 bits per heavy atom. The van der Waals surface area contributed by atoms with Crippen molar-refractivity contribution in [2.24, 2.45) is 7.05 Å². The lowest BCUT2D eigenvalue weighted by molar-refractivity contribution is 0.207. The van der Waals surface area contributed by atoms with Crippen LogP contribution in [0.5, 0.6) is 0 Å². The lowest BCUT2D eigenvalue weighted by Crippen LogP contribution is -2.26. The lowest BCUT2D eigenvalue weighted by atomic mass is 10.1. The summed E-state index contributed by atoms with van der Waals surface area (Å²) in [6, 6.07) is 10.3. The van der Waals surface area contributed by atoms with Gasteiger partial charge in [0.1, 0.15) is 5.82 Å². The van der Waals surface area contributed by atoms with Gasteiger partial charge in [-0.2, -0.15) is 5.10 Å². The highest BCUT2D eigenvalue weighted by molar-refractivity contribution is 7.91. The normalized spacial score (nSPS) is 19.6. The Morgan fingerprint density at radius 1 is 1.32 bits per heavy atom. The maximum absolute atomic E-state index is 11.8. The van der Waals surface area contributed by atoms with Crippen molar-refractivity contribution in [2.45, 2.75) is 32.5 Å². The number of nitrogens with zero attached hydrogens (tertiary/aromatic N) is 4. The molecule has 3 rings (SSSR count). The van der Waals surface area contributed by atoms with E-state index in [0.717, 1.165) is 18.9 Å². The third kappa shape index (κ3) is 4.19. The summed E-state index contributed by atoms with van der Waals surface area (Å²) in [6.07, 6.45) is 0.628. The van der Waals surface area contributed by atoms with Crippen molar-refractivity contribution in [3.8, 4) is 0 Å². The minimum Gasteiger partial charge on any atom is -0.307 e. The van der Waals surface area contributed by atoms with Gasteiger partial charge in [-0.15, -0.1) is 0 Å². The van der Waals surface area contributed by atoms with Gasteiger partial charge in [0, 0.05) is 19.5 Å². The van der Waals surface area contributed by atoms with Gasteiger partial charge in [-0.25, -0.2) is 13.1 Å². The molecule has 0 spiro atoms. The summed E-state index contributed by atoms with van der Waals surface area (Å²) < 4.78 is 27.8. The molecule has 25 heavy (non-hydrogen) atoms. The molecule has 1 aliphatic heterocycles. The summed E-state index contributed by atoms with van der Waals surface area (Å²) in [6.45, 7) is 4.40. The van der Waals surface area contributed by atoms with Gasteiger partial charge in [0.15, 0.2) is 14.6 Å². The fourth-order valence-corrected chi connectivity index (χ4v) is 5.17. The van der Waals surface area contributed by atoms with Crippen LogP contribution in [-0.2, 0) is 30.1 Å². The highest BCUT2D eigenvalue weighted by atomic mass is 32.2. The maximum Gasteiger partial charge on any atom is 0.198 e. The molecule has 0 aliphatic carbocycles. The summed E-state index contributed by atoms with van der Waals surface area (Å²) in [4.78, 5) is 2.26. The van der Waals surface area contributed by atoms with Gasteiger partial charge in [0.25, 0.3) is 0 Å². The van der Waals surface area contributed by atoms with E-state index in [2.05, 4.69) is 29.1 Å². The van der Waals surface area contributed by atoms with E-state index in [1.807, 2.05) is 34.5 Å². The Morgan fingerprint density at radius 2 is 2.04 bits per heavy atom. The predicted octanol–water partition coefficient (Wildman–Crippen LogP) is 2.33. The second kappa shape index (κ2) is 7.39. The fourth-order valence-electron chi connectivity index (χ4n) is 3.24. The van der Waals surface area contributed by atoms with Crippen LogP contribution in [0.3, 0.4) is 0 Å². The average molecular weight is 381 g/mol. The van der Waals surface area contributed by atoms with E-state index in [4.69, 9.17) is 12.2 Å². The van der Waals surface area contributed by atoms with Gasteiger partial charge in [-0.3, -0.25) is 4.90 Å². The first-order chi connectivity index (χ1) is 11.9. The predicted molar refractivity (Wildman–Crippen MR) is 101 cm³/mol. The minimum absolute atomic E-state index is 0.0536. The van der Waals surface area contributed by atoms with Crippen molar-refractivity contribution in [1.82, 2.24) is 19.2 Å². The van der Waals surface area contributed by atoms with Crippen molar-refractivity contribution in [2.75, 3.05) is 18.1 Å². The van der Waals surface area contributed by atoms with E-state index in [0.29, 0.717) is 17.9 Å². The molecule has 0 saturated carbocycles. The van der Waals surface area contributed by atoms with Crippen LogP contribution in [0.25, 0.3) is 0 Å². The fraction of sp³-hybridized carbons (Fsp3) is 0.529. The Balaban J connectivity index is 1.78. The van der Waals surface area contributed by atoms with Crippen LogP contribution in [0, 0.1) is 4.77 Å². The standard InChI is InChI=1S/C17H24N4O2S2/c1-3-20(11-14-7-5-4-6-8-14)13-21-17(24)19(2)16(18-21)15-9-10-25(22,23)12-15/h4-8,15H,3,9-13H2,1-2H3/t15-/m0/s1. The van der Waals surface area contributed by atoms with Crippen molar-refractivity contribution in [3.63, 3.8) is 0 Å². The molecule has 0 amide bonds. The van der Waals surface area contributed by atoms with Crippen molar-refractivity contribution >= 4 is 22.1 Å². The van der Waals surface area contributed by atoms with Gasteiger partial charge in [-0.05, 0) is 30.7 Å². The first-order valence-electron chi connectivity index (χ1n) is 8.50. The zero-order valence-electron chi connectivity index (χ0n) is 14.6. The molecule has 1 aromatic carbocycles. The van der Waals surface area contributed by atoms with E-state index >= 15 is 0 Å². The highest BCUT2D eigenvalue weighted by Crippen LogP contribution is 2.27. The van der Waals surface area contributed by atoms with E-state index < -0.39 is 9.84 Å². The molecule has 1 fully saturated rings. The molecule has 0 radical (unpaired) electrons. The van der Waals surface area contributed by atoms with Gasteiger partial charge in [0.05, 0.1) is 18.2 Å². The average Bonchev–Trinajstić information content (AvgIpc) is 3.09. The van der Waals surface area contributed by atoms with E-state index in [9.17, 15) is 8.42 Å². The summed E-state index contributed by atoms with van der Waals surface area (Å²) in [5.41, 5.74) is 1.24. The Hall–Kier alpha value is -1.51. The van der Waals surface area contributed by atoms with Crippen LogP contribution in [0.1, 0.15) is 30.7 Å². The molecular formula is C17H24N4O2S2. The summed E-state index contributed by atoms with van der Waals surface area (Å²) in [7, 11) is -1.06. The summed E-state index contributed by atoms with van der Waals surface area (Å²) >= 11 is 5.52. The number of aromatic nitrogens is 3. The largest absolute Gasteiger partial charge is 0.307 e. The van der Waals surface area contributed by atoms with E-state index in [-0.39, 0.29) is 17.4 Å². The second-order valence-electron chi connectivity index (χ2n) is 6.57. The van der Waals surface area contributed by atoms with Crippen LogP contribution in [0.4, 0.5) is 0 Å². The zero-order valence-corrected chi connectivity index (χ0v) is 16.3. The molecule has 1 atom stereocenters. The summed E-state index contributed by atoms with van der Waals surface area (Å²) in [5.74, 6) is 1.14. The summed E-state index contributed by atoms with van der Waals surface area (Å²) in [5, 5.41) is 4.66. The first-order valence-corrected chi connectivity index (χ1v) is 10.7. The van der Waals surface area contributed by atoms with Crippen LogP contribution >= 0.6 is 12.2 Å². The quantitative estimate of drug-likeness (QED) is 0.720. The van der Waals surface area contributed by atoms with E-state index in [1.165, 1.54) is 5.56 Å². The molecule has 1 saturated heterocycles. The monoisotopic (exact) mass is 380 g/mol. The van der Waals surface area contributed by atoms with Gasteiger partial charge < -0.3 is 4.57 Å². The minimum atomic E-state index is -2.94. The van der Waals surface area contributed by atoms with E-state index in [1.54, 1.807) is 0 Å². The molecule has 136 valence electrons. The molecule has 2 heterocycles. The van der Waals surface area contributed by atoms with Crippen LogP contribution < -0.4 is 0 Å². The number of hydrogen-bond donors (Lipinski definition) is 0. The Kier molecular flexibility index (Phi) is 5.41. The second-order valence-corrected chi connectivity index (χ2v) is 9.17. The number of rotatable bonds is 6. The maximum atomic E-state index is 11.8. The van der Waals surface area contributed by atoms with Crippen molar-refractivity contribution < 1.29 is 8.42 Å².